The van der Waals surface area contributed by atoms with Gasteiger partial charge < -0.3 is 21.0 Å². The number of rotatable bonds is 3. The predicted octanol–water partition coefficient (Wildman–Crippen LogP) is 1.21. The van der Waals surface area contributed by atoms with Crippen LogP contribution in [0.4, 0.5) is 20.3 Å². The summed E-state index contributed by atoms with van der Waals surface area (Å²) in [6, 6.07) is 0.541. The van der Waals surface area contributed by atoms with Crippen LogP contribution in [-0.4, -0.2) is 21.0 Å². The third kappa shape index (κ3) is 2.02. The van der Waals surface area contributed by atoms with Gasteiger partial charge in [-0.15, -0.1) is 0 Å². The number of hydrogen-bond donors (Lipinski definition) is 2. The van der Waals surface area contributed by atoms with Gasteiger partial charge in [0.25, 0.3) is 12.1 Å². The molecule has 1 aromatic rings. The van der Waals surface area contributed by atoms with Crippen LogP contribution in [0.2, 0.25) is 0 Å². The molecule has 0 aliphatic carbocycles. The molecular weight excluding hydrogens is 228 g/mol. The van der Waals surface area contributed by atoms with E-state index in [1.165, 1.54) is 0 Å². The molecule has 0 saturated carbocycles. The molecule has 0 atom stereocenters. The Balaban J connectivity index is 3.49. The third-order valence-corrected chi connectivity index (χ3v) is 1.67. The van der Waals surface area contributed by atoms with E-state index in [-0.39, 0.29) is 0 Å². The normalized spacial score (nSPS) is 10.4. The molecule has 86 valence electrons. The fourth-order valence-corrected chi connectivity index (χ4v) is 1.01. The zero-order chi connectivity index (χ0) is 12.5. The minimum atomic E-state index is -3.15. The third-order valence-electron chi connectivity index (χ3n) is 1.67. The van der Waals surface area contributed by atoms with E-state index in [9.17, 15) is 23.7 Å². The first-order chi connectivity index (χ1) is 7.34. The van der Waals surface area contributed by atoms with Gasteiger partial charge in [0, 0.05) is 0 Å². The highest BCUT2D eigenvalue weighted by atomic mass is 19.3. The molecule has 0 radical (unpaired) electrons. The number of anilines is 1. The van der Waals surface area contributed by atoms with Crippen molar-refractivity contribution in [2.45, 2.75) is 6.43 Å². The molecule has 0 bridgehead atoms. The standard InChI is InChI=1S/C7H5F2N3O4/c8-5(9)2-1-3(10)4(7(13)14)11-6(2)12(15)16/h1,5H,10H2,(H,13,14). The minimum Gasteiger partial charge on any atom is -0.475 e. The Hall–Kier alpha value is -2.32. The summed E-state index contributed by atoms with van der Waals surface area (Å²) in [6.45, 7) is 0. The van der Waals surface area contributed by atoms with Crippen LogP contribution in [0.15, 0.2) is 6.07 Å². The van der Waals surface area contributed by atoms with Crippen molar-refractivity contribution in [2.24, 2.45) is 0 Å². The molecule has 0 fully saturated rings. The summed E-state index contributed by atoms with van der Waals surface area (Å²) < 4.78 is 24.7. The van der Waals surface area contributed by atoms with Gasteiger partial charge >= 0.3 is 11.8 Å². The molecule has 7 nitrogen and oxygen atoms in total. The highest BCUT2D eigenvalue weighted by Crippen LogP contribution is 2.30. The van der Waals surface area contributed by atoms with E-state index in [4.69, 9.17) is 10.8 Å². The van der Waals surface area contributed by atoms with Crippen molar-refractivity contribution < 1.29 is 23.6 Å². The minimum absolute atomic E-state index is 0.541. The van der Waals surface area contributed by atoms with E-state index in [2.05, 4.69) is 4.98 Å². The Morgan fingerprint density at radius 1 is 1.62 bits per heavy atom. The lowest BCUT2D eigenvalue weighted by molar-refractivity contribution is -0.391. The Morgan fingerprint density at radius 3 is 2.56 bits per heavy atom. The second-order valence-corrected chi connectivity index (χ2v) is 2.70. The van der Waals surface area contributed by atoms with Gasteiger partial charge in [0.2, 0.25) is 0 Å². The number of halogens is 2. The number of aromatic nitrogens is 1. The highest BCUT2D eigenvalue weighted by molar-refractivity contribution is 5.91. The van der Waals surface area contributed by atoms with Gasteiger partial charge in [-0.05, 0) is 16.0 Å². The summed E-state index contributed by atoms with van der Waals surface area (Å²) in [4.78, 5) is 22.7. The van der Waals surface area contributed by atoms with Gasteiger partial charge in [-0.25, -0.2) is 13.6 Å². The quantitative estimate of drug-likeness (QED) is 0.598. The van der Waals surface area contributed by atoms with Crippen molar-refractivity contribution in [3.05, 3.63) is 27.4 Å². The van der Waals surface area contributed by atoms with Crippen molar-refractivity contribution in [1.82, 2.24) is 4.98 Å². The number of nitro groups is 1. The maximum atomic E-state index is 12.4. The van der Waals surface area contributed by atoms with Crippen LogP contribution >= 0.6 is 0 Å². The maximum Gasteiger partial charge on any atom is 0.382 e. The van der Waals surface area contributed by atoms with Crippen molar-refractivity contribution in [1.29, 1.82) is 0 Å². The molecule has 16 heavy (non-hydrogen) atoms. The Labute approximate surface area is 86.7 Å². The largest absolute Gasteiger partial charge is 0.475 e. The lowest BCUT2D eigenvalue weighted by Crippen LogP contribution is -2.10. The van der Waals surface area contributed by atoms with E-state index in [1.807, 2.05) is 0 Å². The molecule has 0 saturated heterocycles. The summed E-state index contributed by atoms with van der Waals surface area (Å²) in [5.74, 6) is -2.83. The summed E-state index contributed by atoms with van der Waals surface area (Å²) in [6.07, 6.45) is -3.15. The molecule has 0 amide bonds. The number of alkyl halides is 2. The van der Waals surface area contributed by atoms with E-state index < -0.39 is 40.1 Å². The van der Waals surface area contributed by atoms with Crippen molar-refractivity contribution >= 4 is 17.5 Å². The van der Waals surface area contributed by atoms with E-state index >= 15 is 0 Å². The number of carboxylic acids is 1. The SMILES string of the molecule is Nc1cc(C(F)F)c([N+](=O)[O-])nc1C(=O)O. The van der Waals surface area contributed by atoms with Gasteiger partial charge in [-0.2, -0.15) is 0 Å². The number of carbonyl (C=O) groups is 1. The number of hydrogen-bond acceptors (Lipinski definition) is 5. The van der Waals surface area contributed by atoms with Gasteiger partial charge in [0.15, 0.2) is 0 Å². The number of nitrogen functional groups attached to an aromatic ring is 1. The number of nitrogens with two attached hydrogens (primary N) is 1. The Bertz CT molecular complexity index is 463. The molecule has 1 rings (SSSR count). The summed E-state index contributed by atoms with van der Waals surface area (Å²) in [7, 11) is 0. The smallest absolute Gasteiger partial charge is 0.382 e. The number of pyridine rings is 1. The Morgan fingerprint density at radius 2 is 2.19 bits per heavy atom. The van der Waals surface area contributed by atoms with Crippen LogP contribution in [0.1, 0.15) is 22.5 Å². The van der Waals surface area contributed by atoms with Crippen molar-refractivity contribution in [3.8, 4) is 0 Å². The van der Waals surface area contributed by atoms with Crippen LogP contribution in [0.25, 0.3) is 0 Å². The molecule has 1 heterocycles. The predicted molar refractivity (Wildman–Crippen MR) is 47.2 cm³/mol. The fraction of sp³-hybridized carbons (Fsp3) is 0.143. The number of carboxylic acid groups (broad SMARTS) is 1. The monoisotopic (exact) mass is 233 g/mol. The Kier molecular flexibility index (Phi) is 2.97. The van der Waals surface area contributed by atoms with Crippen molar-refractivity contribution in [2.75, 3.05) is 5.73 Å². The molecular formula is C7H5F2N3O4. The molecule has 0 unspecified atom stereocenters. The van der Waals surface area contributed by atoms with Crippen LogP contribution in [0.5, 0.6) is 0 Å². The molecule has 0 aliphatic rings. The highest BCUT2D eigenvalue weighted by Gasteiger charge is 2.29. The van der Waals surface area contributed by atoms with Crippen molar-refractivity contribution in [3.63, 3.8) is 0 Å². The first-order valence-corrected chi connectivity index (χ1v) is 3.80. The van der Waals surface area contributed by atoms with Crippen LogP contribution in [0, 0.1) is 10.1 Å². The van der Waals surface area contributed by atoms with E-state index in [1.54, 1.807) is 0 Å². The molecule has 0 spiro atoms. The second-order valence-electron chi connectivity index (χ2n) is 2.70. The number of nitrogens with zero attached hydrogens (tertiary/aromatic N) is 2. The molecule has 0 aromatic carbocycles. The molecule has 1 aromatic heterocycles. The van der Waals surface area contributed by atoms with E-state index in [0.29, 0.717) is 6.07 Å². The number of aromatic carboxylic acids is 1. The van der Waals surface area contributed by atoms with E-state index in [0.717, 1.165) is 0 Å². The first-order valence-electron chi connectivity index (χ1n) is 3.80. The van der Waals surface area contributed by atoms with Gasteiger partial charge in [-0.1, -0.05) is 0 Å². The topological polar surface area (TPSA) is 119 Å². The second kappa shape index (κ2) is 4.04. The molecule has 9 heteroatoms. The average molecular weight is 233 g/mol. The lowest BCUT2D eigenvalue weighted by Gasteiger charge is -2.03. The zero-order valence-electron chi connectivity index (χ0n) is 7.55. The average Bonchev–Trinajstić information content (AvgIpc) is 2.15. The van der Waals surface area contributed by atoms with Gasteiger partial charge in [0.05, 0.1) is 5.69 Å². The van der Waals surface area contributed by atoms with Crippen LogP contribution in [-0.2, 0) is 0 Å². The van der Waals surface area contributed by atoms with Gasteiger partial charge in [-0.3, -0.25) is 0 Å². The van der Waals surface area contributed by atoms with Crippen LogP contribution in [0.3, 0.4) is 0 Å². The zero-order valence-corrected chi connectivity index (χ0v) is 7.55. The van der Waals surface area contributed by atoms with Crippen LogP contribution < -0.4 is 5.73 Å². The van der Waals surface area contributed by atoms with Gasteiger partial charge in [0.1, 0.15) is 5.56 Å². The summed E-state index contributed by atoms with van der Waals surface area (Å²) in [5.41, 5.74) is 2.75. The maximum absolute atomic E-state index is 12.4. The summed E-state index contributed by atoms with van der Waals surface area (Å²) >= 11 is 0. The lowest BCUT2D eigenvalue weighted by atomic mass is 10.2. The molecule has 3 N–H and O–H groups in total. The molecule has 0 aliphatic heterocycles. The first kappa shape index (κ1) is 11.8. The summed E-state index contributed by atoms with van der Waals surface area (Å²) in [5, 5.41) is 18.9. The fourth-order valence-electron chi connectivity index (χ4n) is 1.01.